The fraction of sp³-hybridized carbons (Fsp3) is 0.474. The second-order valence-electron chi connectivity index (χ2n) is 6.53. The summed E-state index contributed by atoms with van der Waals surface area (Å²) in [6, 6.07) is 7.27. The van der Waals surface area contributed by atoms with E-state index in [2.05, 4.69) is 31.3 Å². The van der Waals surface area contributed by atoms with Crippen LogP contribution in [-0.2, 0) is 29.3 Å². The number of hydrazone groups is 1. The highest BCUT2D eigenvalue weighted by atomic mass is 16.5. The molecule has 1 aromatic rings. The number of esters is 2. The molecule has 0 atom stereocenters. The third-order valence-electron chi connectivity index (χ3n) is 3.40. The number of rotatable bonds is 7. The summed E-state index contributed by atoms with van der Waals surface area (Å²) in [7, 11) is 0. The topological polar surface area (TPSA) is 94.1 Å². The predicted octanol–water partition coefficient (Wildman–Crippen LogP) is 2.32. The number of amides is 1. The molecule has 0 spiro atoms. The van der Waals surface area contributed by atoms with Crippen molar-refractivity contribution >= 4 is 23.6 Å². The van der Waals surface area contributed by atoms with Crippen molar-refractivity contribution in [3.63, 3.8) is 0 Å². The van der Waals surface area contributed by atoms with Crippen LogP contribution in [0.3, 0.4) is 0 Å². The summed E-state index contributed by atoms with van der Waals surface area (Å²) in [4.78, 5) is 35.2. The summed E-state index contributed by atoms with van der Waals surface area (Å²) in [6.07, 6.45) is -0.476. The number of ether oxygens (including phenoxy) is 2. The molecule has 0 aromatic heterocycles. The molecule has 7 nitrogen and oxygen atoms in total. The van der Waals surface area contributed by atoms with Gasteiger partial charge in [-0.3, -0.25) is 9.59 Å². The van der Waals surface area contributed by atoms with Gasteiger partial charge in [-0.1, -0.05) is 45.0 Å². The van der Waals surface area contributed by atoms with Crippen LogP contribution in [0.5, 0.6) is 0 Å². The Labute approximate surface area is 153 Å². The SMILES string of the molecule is CCOC(=O)CC(=O)N/N=C(/C(=O)OCC)c1ccc(C(C)(C)C)cc1. The maximum absolute atomic E-state index is 12.2. The fourth-order valence-corrected chi connectivity index (χ4v) is 2.06. The van der Waals surface area contributed by atoms with Crippen LogP contribution < -0.4 is 5.43 Å². The van der Waals surface area contributed by atoms with Crippen molar-refractivity contribution in [3.8, 4) is 0 Å². The molecule has 1 N–H and O–H groups in total. The second kappa shape index (κ2) is 9.70. The van der Waals surface area contributed by atoms with Crippen molar-refractivity contribution in [1.29, 1.82) is 0 Å². The van der Waals surface area contributed by atoms with E-state index in [1.807, 2.05) is 12.1 Å². The molecule has 1 amide bonds. The average molecular weight is 362 g/mol. The summed E-state index contributed by atoms with van der Waals surface area (Å²) in [5, 5.41) is 3.85. The first-order valence-electron chi connectivity index (χ1n) is 8.49. The molecule has 0 aliphatic rings. The molecule has 0 aliphatic heterocycles. The van der Waals surface area contributed by atoms with E-state index in [1.54, 1.807) is 26.0 Å². The Morgan fingerprint density at radius 3 is 2.08 bits per heavy atom. The van der Waals surface area contributed by atoms with Crippen molar-refractivity contribution in [2.45, 2.75) is 46.5 Å². The van der Waals surface area contributed by atoms with Gasteiger partial charge in [0.1, 0.15) is 6.42 Å². The zero-order valence-corrected chi connectivity index (χ0v) is 15.9. The smallest absolute Gasteiger partial charge is 0.359 e. The number of carbonyl (C=O) groups is 3. The van der Waals surface area contributed by atoms with Crippen molar-refractivity contribution in [3.05, 3.63) is 35.4 Å². The first kappa shape index (κ1) is 21.3. The van der Waals surface area contributed by atoms with Gasteiger partial charge in [-0.2, -0.15) is 5.10 Å². The van der Waals surface area contributed by atoms with E-state index >= 15 is 0 Å². The van der Waals surface area contributed by atoms with Crippen molar-refractivity contribution in [2.24, 2.45) is 5.10 Å². The molecule has 0 aliphatic carbocycles. The molecular weight excluding hydrogens is 336 g/mol. The first-order chi connectivity index (χ1) is 12.2. The number of carbonyl (C=O) groups excluding carboxylic acids is 3. The molecule has 0 unspecified atom stereocenters. The van der Waals surface area contributed by atoms with E-state index in [0.29, 0.717) is 5.56 Å². The van der Waals surface area contributed by atoms with Crippen LogP contribution in [0.4, 0.5) is 0 Å². The number of nitrogens with one attached hydrogen (secondary N) is 1. The van der Waals surface area contributed by atoms with Gasteiger partial charge < -0.3 is 9.47 Å². The molecule has 0 saturated carbocycles. The van der Waals surface area contributed by atoms with Crippen LogP contribution in [0.25, 0.3) is 0 Å². The Balaban J connectivity index is 3.00. The van der Waals surface area contributed by atoms with Gasteiger partial charge >= 0.3 is 11.9 Å². The largest absolute Gasteiger partial charge is 0.466 e. The summed E-state index contributed by atoms with van der Waals surface area (Å²) < 4.78 is 9.69. The average Bonchev–Trinajstić information content (AvgIpc) is 2.55. The second-order valence-corrected chi connectivity index (χ2v) is 6.53. The highest BCUT2D eigenvalue weighted by molar-refractivity contribution is 6.43. The molecule has 0 radical (unpaired) electrons. The zero-order chi connectivity index (χ0) is 19.7. The molecule has 142 valence electrons. The predicted molar refractivity (Wildman–Crippen MR) is 97.7 cm³/mol. The highest BCUT2D eigenvalue weighted by Crippen LogP contribution is 2.22. The Morgan fingerprint density at radius 2 is 1.58 bits per heavy atom. The van der Waals surface area contributed by atoms with Crippen LogP contribution in [0.2, 0.25) is 0 Å². The van der Waals surface area contributed by atoms with Gasteiger partial charge in [-0.15, -0.1) is 0 Å². The fourth-order valence-electron chi connectivity index (χ4n) is 2.06. The molecule has 1 rings (SSSR count). The lowest BCUT2D eigenvalue weighted by molar-refractivity contribution is -0.146. The third kappa shape index (κ3) is 6.66. The van der Waals surface area contributed by atoms with E-state index in [9.17, 15) is 14.4 Å². The number of benzene rings is 1. The first-order valence-corrected chi connectivity index (χ1v) is 8.49. The van der Waals surface area contributed by atoms with Gasteiger partial charge in [-0.05, 0) is 24.8 Å². The van der Waals surface area contributed by atoms with E-state index in [-0.39, 0.29) is 24.3 Å². The monoisotopic (exact) mass is 362 g/mol. The highest BCUT2D eigenvalue weighted by Gasteiger charge is 2.19. The van der Waals surface area contributed by atoms with Crippen molar-refractivity contribution in [2.75, 3.05) is 13.2 Å². The summed E-state index contributed by atoms with van der Waals surface area (Å²) in [5.74, 6) is -1.99. The minimum absolute atomic E-state index is 0.0341. The van der Waals surface area contributed by atoms with Gasteiger partial charge in [0.25, 0.3) is 5.91 Å². The Kier molecular flexibility index (Phi) is 7.96. The van der Waals surface area contributed by atoms with Crippen LogP contribution in [0.15, 0.2) is 29.4 Å². The lowest BCUT2D eigenvalue weighted by atomic mass is 9.86. The number of hydrogen-bond acceptors (Lipinski definition) is 6. The molecule has 0 bridgehead atoms. The van der Waals surface area contributed by atoms with Gasteiger partial charge in [0.2, 0.25) is 0 Å². The Hall–Kier alpha value is -2.70. The summed E-state index contributed by atoms with van der Waals surface area (Å²) >= 11 is 0. The molecule has 0 fully saturated rings. The van der Waals surface area contributed by atoms with Gasteiger partial charge in [0.15, 0.2) is 5.71 Å². The van der Waals surface area contributed by atoms with Crippen molar-refractivity contribution < 1.29 is 23.9 Å². The minimum Gasteiger partial charge on any atom is -0.466 e. The molecular formula is C19H26N2O5. The lowest BCUT2D eigenvalue weighted by Gasteiger charge is -2.19. The molecule has 0 heterocycles. The molecule has 0 saturated heterocycles. The molecule has 7 heteroatoms. The van der Waals surface area contributed by atoms with Gasteiger partial charge in [0.05, 0.1) is 13.2 Å². The quantitative estimate of drug-likeness (QED) is 0.348. The van der Waals surface area contributed by atoms with Gasteiger partial charge in [0, 0.05) is 5.56 Å². The standard InChI is InChI=1S/C19H26N2O5/c1-6-25-16(23)12-15(22)20-21-17(18(24)26-7-2)13-8-10-14(11-9-13)19(3,4)5/h8-11H,6-7,12H2,1-5H3,(H,20,22)/b21-17+. The molecule has 1 aromatic carbocycles. The summed E-state index contributed by atoms with van der Waals surface area (Å²) in [6.45, 7) is 9.93. The minimum atomic E-state index is -0.670. The zero-order valence-electron chi connectivity index (χ0n) is 15.9. The van der Waals surface area contributed by atoms with Crippen LogP contribution in [0, 0.1) is 0 Å². The maximum atomic E-state index is 12.2. The van der Waals surface area contributed by atoms with Crippen LogP contribution in [0.1, 0.15) is 52.2 Å². The van der Waals surface area contributed by atoms with Crippen LogP contribution >= 0.6 is 0 Å². The summed E-state index contributed by atoms with van der Waals surface area (Å²) in [5.41, 5.74) is 3.73. The van der Waals surface area contributed by atoms with E-state index < -0.39 is 24.3 Å². The van der Waals surface area contributed by atoms with E-state index in [4.69, 9.17) is 9.47 Å². The van der Waals surface area contributed by atoms with Crippen LogP contribution in [-0.4, -0.2) is 36.8 Å². The van der Waals surface area contributed by atoms with E-state index in [0.717, 1.165) is 5.56 Å². The number of nitrogens with zero attached hydrogens (tertiary/aromatic N) is 1. The van der Waals surface area contributed by atoms with Gasteiger partial charge in [-0.25, -0.2) is 10.2 Å². The van der Waals surface area contributed by atoms with E-state index in [1.165, 1.54) is 0 Å². The van der Waals surface area contributed by atoms with Crippen molar-refractivity contribution in [1.82, 2.24) is 5.43 Å². The Morgan fingerprint density at radius 1 is 1.00 bits per heavy atom. The lowest BCUT2D eigenvalue weighted by Crippen LogP contribution is -2.27. The molecule has 26 heavy (non-hydrogen) atoms. The Bertz CT molecular complexity index is 672. The third-order valence-corrected chi connectivity index (χ3v) is 3.40. The number of hydrogen-bond donors (Lipinski definition) is 1. The normalized spacial score (nSPS) is 11.7. The maximum Gasteiger partial charge on any atom is 0.359 e.